The molecule has 0 amide bonds. The normalized spacial score (nSPS) is 11.1. The van der Waals surface area contributed by atoms with Crippen molar-refractivity contribution >= 4 is 38.6 Å². The SMILES string of the molecule is c1ccc(-c2cccc(-c3ccc(N(c4cccc5ccccc45)c4ccc(-c5ccccc5)c5ccccc45)cc3)c2-c2ccccc2)cc1. The Labute approximate surface area is 299 Å². The van der Waals surface area contributed by atoms with Gasteiger partial charge in [0.2, 0.25) is 0 Å². The third kappa shape index (κ3) is 5.65. The van der Waals surface area contributed by atoms with E-state index in [0.29, 0.717) is 0 Å². The number of fused-ring (bicyclic) bond motifs is 2. The molecule has 9 aromatic rings. The molecule has 1 heteroatoms. The van der Waals surface area contributed by atoms with Crippen LogP contribution in [0, 0.1) is 0 Å². The first-order valence-electron chi connectivity index (χ1n) is 17.5. The minimum absolute atomic E-state index is 1.10. The van der Waals surface area contributed by atoms with E-state index in [9.17, 15) is 0 Å². The Bertz CT molecular complexity index is 2600. The molecule has 0 saturated carbocycles. The number of hydrogen-bond acceptors (Lipinski definition) is 1. The summed E-state index contributed by atoms with van der Waals surface area (Å²) in [5, 5.41) is 4.86. The van der Waals surface area contributed by atoms with Gasteiger partial charge in [-0.25, -0.2) is 0 Å². The first kappa shape index (κ1) is 30.4. The summed E-state index contributed by atoms with van der Waals surface area (Å²) in [5.74, 6) is 0. The van der Waals surface area contributed by atoms with Crippen molar-refractivity contribution in [1.82, 2.24) is 0 Å². The maximum atomic E-state index is 2.43. The van der Waals surface area contributed by atoms with Gasteiger partial charge in [-0.2, -0.15) is 0 Å². The molecule has 0 unspecified atom stereocenters. The summed E-state index contributed by atoms with van der Waals surface area (Å²) in [4.78, 5) is 2.43. The van der Waals surface area contributed by atoms with Crippen LogP contribution in [-0.2, 0) is 0 Å². The minimum Gasteiger partial charge on any atom is -0.309 e. The first-order valence-corrected chi connectivity index (χ1v) is 17.5. The largest absolute Gasteiger partial charge is 0.309 e. The van der Waals surface area contributed by atoms with Crippen LogP contribution in [0.3, 0.4) is 0 Å². The van der Waals surface area contributed by atoms with Gasteiger partial charge in [-0.05, 0) is 79.5 Å². The van der Waals surface area contributed by atoms with E-state index in [1.165, 1.54) is 66.1 Å². The van der Waals surface area contributed by atoms with Crippen LogP contribution in [0.15, 0.2) is 212 Å². The van der Waals surface area contributed by atoms with Gasteiger partial charge in [-0.1, -0.05) is 188 Å². The van der Waals surface area contributed by atoms with E-state index >= 15 is 0 Å². The number of hydrogen-bond donors (Lipinski definition) is 0. The summed E-state index contributed by atoms with van der Waals surface area (Å²) in [7, 11) is 0. The van der Waals surface area contributed by atoms with Gasteiger partial charge in [0, 0.05) is 16.5 Å². The third-order valence-corrected chi connectivity index (χ3v) is 9.88. The molecular weight excluding hydrogens is 615 g/mol. The smallest absolute Gasteiger partial charge is 0.0540 e. The molecule has 9 rings (SSSR count). The molecule has 0 spiro atoms. The lowest BCUT2D eigenvalue weighted by atomic mass is 9.87. The van der Waals surface area contributed by atoms with E-state index in [1.54, 1.807) is 0 Å². The molecule has 0 aromatic heterocycles. The molecule has 0 aliphatic carbocycles. The number of nitrogens with zero attached hydrogens (tertiary/aromatic N) is 1. The van der Waals surface area contributed by atoms with Crippen molar-refractivity contribution in [2.24, 2.45) is 0 Å². The molecule has 0 heterocycles. The van der Waals surface area contributed by atoms with Gasteiger partial charge < -0.3 is 4.90 Å². The predicted molar refractivity (Wildman–Crippen MR) is 218 cm³/mol. The number of benzene rings is 9. The van der Waals surface area contributed by atoms with Crippen molar-refractivity contribution in [1.29, 1.82) is 0 Å². The molecule has 240 valence electrons. The molecule has 0 aliphatic rings. The summed E-state index contributed by atoms with van der Waals surface area (Å²) in [6.07, 6.45) is 0. The molecule has 0 saturated heterocycles. The Morgan fingerprint density at radius 3 is 1.39 bits per heavy atom. The minimum atomic E-state index is 1.10. The van der Waals surface area contributed by atoms with Crippen molar-refractivity contribution in [3.05, 3.63) is 212 Å². The molecular formula is C50H35N. The summed E-state index contributed by atoms with van der Waals surface area (Å²) >= 11 is 0. The van der Waals surface area contributed by atoms with E-state index in [0.717, 1.165) is 17.1 Å². The lowest BCUT2D eigenvalue weighted by molar-refractivity contribution is 1.31. The Kier molecular flexibility index (Phi) is 7.92. The lowest BCUT2D eigenvalue weighted by Crippen LogP contribution is -2.11. The molecule has 1 nitrogen and oxygen atoms in total. The van der Waals surface area contributed by atoms with Gasteiger partial charge in [-0.15, -0.1) is 0 Å². The van der Waals surface area contributed by atoms with Gasteiger partial charge in [0.05, 0.1) is 11.4 Å². The second-order valence-electron chi connectivity index (χ2n) is 12.9. The molecule has 0 bridgehead atoms. The first-order chi connectivity index (χ1) is 25.3. The van der Waals surface area contributed by atoms with Crippen LogP contribution < -0.4 is 4.90 Å². The Morgan fingerprint density at radius 1 is 0.255 bits per heavy atom. The average Bonchev–Trinajstić information content (AvgIpc) is 3.22. The van der Waals surface area contributed by atoms with Crippen LogP contribution in [0.5, 0.6) is 0 Å². The average molecular weight is 650 g/mol. The van der Waals surface area contributed by atoms with Crippen molar-refractivity contribution < 1.29 is 0 Å². The van der Waals surface area contributed by atoms with E-state index in [1.807, 2.05) is 0 Å². The van der Waals surface area contributed by atoms with E-state index in [2.05, 4.69) is 217 Å². The van der Waals surface area contributed by atoms with Gasteiger partial charge >= 0.3 is 0 Å². The Balaban J connectivity index is 1.24. The van der Waals surface area contributed by atoms with Crippen molar-refractivity contribution in [3.63, 3.8) is 0 Å². The second kappa shape index (κ2) is 13.3. The summed E-state index contributed by atoms with van der Waals surface area (Å²) in [5.41, 5.74) is 13.1. The second-order valence-corrected chi connectivity index (χ2v) is 12.9. The van der Waals surface area contributed by atoms with E-state index in [4.69, 9.17) is 0 Å². The molecule has 51 heavy (non-hydrogen) atoms. The van der Waals surface area contributed by atoms with Gasteiger partial charge in [0.25, 0.3) is 0 Å². The standard InChI is InChI=1S/C50H35N/c1-4-16-36(17-5-1)42-34-35-49(47-26-13-12-25-46(42)47)51(48-29-14-23-37-20-10-11-24-43(37)48)41-32-30-39(31-33-41)45-28-15-27-44(38-18-6-2-7-19-38)50(45)40-21-8-3-9-22-40/h1-35H. The highest BCUT2D eigenvalue weighted by atomic mass is 15.1. The molecule has 0 fully saturated rings. The van der Waals surface area contributed by atoms with Crippen LogP contribution in [-0.4, -0.2) is 0 Å². The number of anilines is 3. The molecule has 0 radical (unpaired) electrons. The Morgan fingerprint density at radius 2 is 0.725 bits per heavy atom. The Hall–Kier alpha value is -6.70. The maximum Gasteiger partial charge on any atom is 0.0540 e. The summed E-state index contributed by atoms with van der Waals surface area (Å²) in [6, 6.07) is 76.6. The molecule has 0 N–H and O–H groups in total. The van der Waals surface area contributed by atoms with Gasteiger partial charge in [0.1, 0.15) is 0 Å². The number of rotatable bonds is 7. The van der Waals surface area contributed by atoms with Crippen molar-refractivity contribution in [2.75, 3.05) is 4.90 Å². The highest BCUT2D eigenvalue weighted by Crippen LogP contribution is 2.45. The zero-order valence-corrected chi connectivity index (χ0v) is 28.2. The van der Waals surface area contributed by atoms with E-state index in [-0.39, 0.29) is 0 Å². The van der Waals surface area contributed by atoms with Crippen LogP contribution in [0.1, 0.15) is 0 Å². The molecule has 9 aromatic carbocycles. The third-order valence-electron chi connectivity index (χ3n) is 9.88. The molecule has 0 atom stereocenters. The fraction of sp³-hybridized carbons (Fsp3) is 0. The zero-order chi connectivity index (χ0) is 34.0. The van der Waals surface area contributed by atoms with Crippen molar-refractivity contribution in [3.8, 4) is 44.5 Å². The lowest BCUT2D eigenvalue weighted by Gasteiger charge is -2.29. The van der Waals surface area contributed by atoms with Crippen molar-refractivity contribution in [2.45, 2.75) is 0 Å². The van der Waals surface area contributed by atoms with Crippen LogP contribution >= 0.6 is 0 Å². The quantitative estimate of drug-likeness (QED) is 0.166. The topological polar surface area (TPSA) is 3.24 Å². The predicted octanol–water partition coefficient (Wildman–Crippen LogP) is 14.1. The monoisotopic (exact) mass is 649 g/mol. The fourth-order valence-corrected chi connectivity index (χ4v) is 7.52. The fourth-order valence-electron chi connectivity index (χ4n) is 7.52. The van der Waals surface area contributed by atoms with Gasteiger partial charge in [0.15, 0.2) is 0 Å². The zero-order valence-electron chi connectivity index (χ0n) is 28.2. The van der Waals surface area contributed by atoms with Gasteiger partial charge in [-0.3, -0.25) is 0 Å². The summed E-state index contributed by atoms with van der Waals surface area (Å²) < 4.78 is 0. The van der Waals surface area contributed by atoms with Crippen LogP contribution in [0.2, 0.25) is 0 Å². The van der Waals surface area contributed by atoms with Crippen LogP contribution in [0.4, 0.5) is 17.1 Å². The highest BCUT2D eigenvalue weighted by Gasteiger charge is 2.20. The maximum absolute atomic E-state index is 2.43. The van der Waals surface area contributed by atoms with Crippen LogP contribution in [0.25, 0.3) is 66.1 Å². The molecule has 0 aliphatic heterocycles. The van der Waals surface area contributed by atoms with E-state index < -0.39 is 0 Å². The highest BCUT2D eigenvalue weighted by molar-refractivity contribution is 6.09. The summed E-state index contributed by atoms with van der Waals surface area (Å²) in [6.45, 7) is 0.